The number of likely N-dealkylation sites (tertiary alicyclic amines) is 1. The van der Waals surface area contributed by atoms with Crippen molar-refractivity contribution in [1.29, 1.82) is 0 Å². The largest absolute Gasteiger partial charge is 0.385 e. The van der Waals surface area contributed by atoms with E-state index in [1.165, 1.54) is 56.3 Å². The zero-order valence-corrected chi connectivity index (χ0v) is 15.5. The summed E-state index contributed by atoms with van der Waals surface area (Å²) in [5, 5.41) is 9.14. The molecule has 134 valence electrons. The third-order valence-corrected chi connectivity index (χ3v) is 6.37. The first-order valence-electron chi connectivity index (χ1n) is 9.58. The molecule has 0 unspecified atom stereocenters. The van der Waals surface area contributed by atoms with E-state index in [4.69, 9.17) is 17.3 Å². The van der Waals surface area contributed by atoms with Crippen molar-refractivity contribution in [3.63, 3.8) is 0 Å². The second-order valence-electron chi connectivity index (χ2n) is 7.73. The Bertz CT molecular complexity index is 659. The zero-order chi connectivity index (χ0) is 17.2. The van der Waals surface area contributed by atoms with Gasteiger partial charge in [0.05, 0.1) is 5.71 Å². The van der Waals surface area contributed by atoms with Crippen molar-refractivity contribution in [2.24, 2.45) is 21.9 Å². The Kier molecular flexibility index (Phi) is 5.09. The fourth-order valence-corrected chi connectivity index (χ4v) is 4.93. The van der Waals surface area contributed by atoms with Crippen LogP contribution in [-0.4, -0.2) is 35.1 Å². The van der Waals surface area contributed by atoms with Crippen LogP contribution in [0, 0.1) is 5.92 Å². The summed E-state index contributed by atoms with van der Waals surface area (Å²) < 4.78 is 0. The summed E-state index contributed by atoms with van der Waals surface area (Å²) in [6.45, 7) is 1.25. The first-order chi connectivity index (χ1) is 12.2. The number of nitrogens with two attached hydrogens (primary N) is 1. The summed E-state index contributed by atoms with van der Waals surface area (Å²) in [5.74, 6) is 1.28. The van der Waals surface area contributed by atoms with Gasteiger partial charge >= 0.3 is 0 Å². The van der Waals surface area contributed by atoms with Crippen LogP contribution >= 0.6 is 11.6 Å². The Morgan fingerprint density at radius 3 is 2.48 bits per heavy atom. The Morgan fingerprint density at radius 1 is 1.04 bits per heavy atom. The van der Waals surface area contributed by atoms with Crippen molar-refractivity contribution >= 4 is 23.1 Å². The third-order valence-electron chi connectivity index (χ3n) is 6.11. The maximum Gasteiger partial charge on any atom is 0.128 e. The van der Waals surface area contributed by atoms with Gasteiger partial charge in [0.25, 0.3) is 0 Å². The predicted octanol–water partition coefficient (Wildman–Crippen LogP) is 4.02. The minimum atomic E-state index is 0.596. The van der Waals surface area contributed by atoms with Crippen LogP contribution in [0.3, 0.4) is 0 Å². The highest BCUT2D eigenvalue weighted by molar-refractivity contribution is 6.30. The second-order valence-corrected chi connectivity index (χ2v) is 8.17. The number of nitrogens with zero attached hydrogens (tertiary/aromatic N) is 3. The van der Waals surface area contributed by atoms with Gasteiger partial charge in [0.2, 0.25) is 0 Å². The van der Waals surface area contributed by atoms with Gasteiger partial charge < -0.3 is 5.73 Å². The molecule has 1 saturated heterocycles. The topological polar surface area (TPSA) is 54.0 Å². The van der Waals surface area contributed by atoms with E-state index < -0.39 is 0 Å². The van der Waals surface area contributed by atoms with E-state index in [9.17, 15) is 0 Å². The van der Waals surface area contributed by atoms with E-state index in [-0.39, 0.29) is 0 Å². The molecule has 25 heavy (non-hydrogen) atoms. The van der Waals surface area contributed by atoms with Gasteiger partial charge in [0.1, 0.15) is 5.84 Å². The standard InChI is InChI=1S/C20H27ClN4/c21-16-7-3-14(4-8-16)12-18-2-1-11-25(18)17-9-5-15(6-10-17)19-13-20(22)24-23-19/h3-4,7-8,15,17-18H,1-2,5-6,9-13H2,(H2,22,24)/t15?,17?,18-/m1/s1. The van der Waals surface area contributed by atoms with E-state index >= 15 is 0 Å². The van der Waals surface area contributed by atoms with Crippen molar-refractivity contribution in [3.8, 4) is 0 Å². The molecule has 1 aromatic rings. The van der Waals surface area contributed by atoms with Crippen LogP contribution in [0.5, 0.6) is 0 Å². The SMILES string of the molecule is NC1=NN=C(C2CCC(N3CCC[C@@H]3Cc3ccc(Cl)cc3)CC2)C1. The molecule has 2 fully saturated rings. The van der Waals surface area contributed by atoms with E-state index in [2.05, 4.69) is 27.2 Å². The minimum absolute atomic E-state index is 0.596. The average molecular weight is 359 g/mol. The van der Waals surface area contributed by atoms with Gasteiger partial charge in [-0.25, -0.2) is 0 Å². The number of hydrogen-bond donors (Lipinski definition) is 1. The van der Waals surface area contributed by atoms with Crippen LogP contribution in [0.1, 0.15) is 50.5 Å². The van der Waals surface area contributed by atoms with E-state index in [0.29, 0.717) is 17.8 Å². The highest BCUT2D eigenvalue weighted by atomic mass is 35.5. The van der Waals surface area contributed by atoms with Crippen molar-refractivity contribution in [2.75, 3.05) is 6.54 Å². The first kappa shape index (κ1) is 17.0. The lowest BCUT2D eigenvalue weighted by Crippen LogP contribution is -2.42. The molecule has 5 heteroatoms. The lowest BCUT2D eigenvalue weighted by Gasteiger charge is -2.38. The lowest BCUT2D eigenvalue weighted by molar-refractivity contribution is 0.133. The first-order valence-corrected chi connectivity index (χ1v) is 9.96. The zero-order valence-electron chi connectivity index (χ0n) is 14.7. The quantitative estimate of drug-likeness (QED) is 0.883. The van der Waals surface area contributed by atoms with Crippen molar-refractivity contribution < 1.29 is 0 Å². The highest BCUT2D eigenvalue weighted by Crippen LogP contribution is 2.34. The second kappa shape index (κ2) is 7.46. The molecule has 1 saturated carbocycles. The monoisotopic (exact) mass is 358 g/mol. The van der Waals surface area contributed by atoms with E-state index in [0.717, 1.165) is 23.9 Å². The van der Waals surface area contributed by atoms with Gasteiger partial charge in [-0.1, -0.05) is 23.7 Å². The van der Waals surface area contributed by atoms with Gasteiger partial charge in [-0.05, 0) is 75.1 Å². The normalized spacial score (nSPS) is 30.4. The maximum absolute atomic E-state index is 6.02. The van der Waals surface area contributed by atoms with Gasteiger partial charge in [0.15, 0.2) is 0 Å². The van der Waals surface area contributed by atoms with Crippen LogP contribution in [0.15, 0.2) is 34.5 Å². The Hall–Kier alpha value is -1.39. The van der Waals surface area contributed by atoms with Crippen LogP contribution in [0.4, 0.5) is 0 Å². The predicted molar refractivity (Wildman–Crippen MR) is 104 cm³/mol. The lowest BCUT2D eigenvalue weighted by atomic mass is 9.81. The number of amidine groups is 1. The van der Waals surface area contributed by atoms with E-state index in [1.807, 2.05) is 12.1 Å². The van der Waals surface area contributed by atoms with Crippen LogP contribution in [0.2, 0.25) is 5.02 Å². The fourth-order valence-electron chi connectivity index (χ4n) is 4.80. The van der Waals surface area contributed by atoms with Crippen LogP contribution in [0.25, 0.3) is 0 Å². The molecule has 1 aromatic carbocycles. The molecule has 2 heterocycles. The van der Waals surface area contributed by atoms with Crippen molar-refractivity contribution in [2.45, 2.75) is 63.5 Å². The highest BCUT2D eigenvalue weighted by Gasteiger charge is 2.34. The molecule has 0 bridgehead atoms. The number of rotatable bonds is 4. The third kappa shape index (κ3) is 3.90. The summed E-state index contributed by atoms with van der Waals surface area (Å²) >= 11 is 6.02. The molecule has 1 atom stereocenters. The van der Waals surface area contributed by atoms with Gasteiger partial charge in [-0.3, -0.25) is 4.90 Å². The summed E-state index contributed by atoms with van der Waals surface area (Å²) in [6.07, 6.45) is 9.61. The Morgan fingerprint density at radius 2 is 1.80 bits per heavy atom. The summed E-state index contributed by atoms with van der Waals surface area (Å²) in [6, 6.07) is 9.80. The van der Waals surface area contributed by atoms with Gasteiger partial charge in [0, 0.05) is 23.5 Å². The average Bonchev–Trinajstić information content (AvgIpc) is 3.26. The van der Waals surface area contributed by atoms with Crippen LogP contribution in [-0.2, 0) is 6.42 Å². The van der Waals surface area contributed by atoms with Crippen molar-refractivity contribution in [1.82, 2.24) is 4.90 Å². The molecule has 4 nitrogen and oxygen atoms in total. The summed E-state index contributed by atoms with van der Waals surface area (Å²) in [7, 11) is 0. The maximum atomic E-state index is 6.02. The molecule has 4 rings (SSSR count). The Balaban J connectivity index is 1.33. The minimum Gasteiger partial charge on any atom is -0.385 e. The molecule has 0 aromatic heterocycles. The van der Waals surface area contributed by atoms with Gasteiger partial charge in [-0.15, -0.1) is 5.10 Å². The summed E-state index contributed by atoms with van der Waals surface area (Å²) in [5.41, 5.74) is 8.40. The molecule has 3 aliphatic rings. The number of halogens is 1. The number of hydrogen-bond acceptors (Lipinski definition) is 4. The Labute approximate surface area is 155 Å². The molecule has 2 aliphatic heterocycles. The molecule has 1 aliphatic carbocycles. The molecule has 0 spiro atoms. The van der Waals surface area contributed by atoms with Crippen molar-refractivity contribution in [3.05, 3.63) is 34.9 Å². The smallest absolute Gasteiger partial charge is 0.128 e. The molecule has 2 N–H and O–H groups in total. The van der Waals surface area contributed by atoms with E-state index in [1.54, 1.807) is 0 Å². The summed E-state index contributed by atoms with van der Waals surface area (Å²) in [4.78, 5) is 2.78. The molecular weight excluding hydrogens is 332 g/mol. The molecule has 0 amide bonds. The van der Waals surface area contributed by atoms with Crippen LogP contribution < -0.4 is 5.73 Å². The molecule has 0 radical (unpaired) electrons. The fraction of sp³-hybridized carbons (Fsp3) is 0.600. The molecular formula is C20H27ClN4. The number of benzene rings is 1. The van der Waals surface area contributed by atoms with Gasteiger partial charge in [-0.2, -0.15) is 5.10 Å².